The molecule has 0 bridgehead atoms. The van der Waals surface area contributed by atoms with Gasteiger partial charge in [-0.25, -0.2) is 8.42 Å². The molecule has 1 spiro atoms. The van der Waals surface area contributed by atoms with Gasteiger partial charge in [0.25, 0.3) is 0 Å². The molecule has 3 atom stereocenters. The van der Waals surface area contributed by atoms with Crippen LogP contribution in [0.15, 0.2) is 24.3 Å². The van der Waals surface area contributed by atoms with E-state index in [9.17, 15) is 13.2 Å². The van der Waals surface area contributed by atoms with E-state index in [1.807, 2.05) is 6.92 Å². The molecule has 1 saturated carbocycles. The minimum atomic E-state index is -3.33. The van der Waals surface area contributed by atoms with Gasteiger partial charge in [-0.1, -0.05) is 31.2 Å². The number of carbonyl (C=O) groups is 1. The van der Waals surface area contributed by atoms with E-state index >= 15 is 0 Å². The van der Waals surface area contributed by atoms with E-state index in [1.165, 1.54) is 18.1 Å². The summed E-state index contributed by atoms with van der Waals surface area (Å²) in [5.74, 6) is 0.158. The lowest BCUT2D eigenvalue weighted by Gasteiger charge is -2.15. The van der Waals surface area contributed by atoms with Crippen molar-refractivity contribution in [3.8, 4) is 0 Å². The van der Waals surface area contributed by atoms with Crippen molar-refractivity contribution in [2.24, 2.45) is 5.92 Å². The first-order valence-electron chi connectivity index (χ1n) is 8.48. The highest BCUT2D eigenvalue weighted by atomic mass is 32.2. The van der Waals surface area contributed by atoms with E-state index in [0.717, 1.165) is 19.3 Å². The van der Waals surface area contributed by atoms with Crippen LogP contribution in [0.2, 0.25) is 0 Å². The van der Waals surface area contributed by atoms with Crippen molar-refractivity contribution in [2.75, 3.05) is 12.3 Å². The van der Waals surface area contributed by atoms with Crippen molar-refractivity contribution in [3.63, 3.8) is 0 Å². The number of carbonyl (C=O) groups excluding carboxylic acids is 1. The van der Waals surface area contributed by atoms with Crippen LogP contribution in [0.25, 0.3) is 0 Å². The summed E-state index contributed by atoms with van der Waals surface area (Å²) in [6.45, 7) is 3.89. The third kappa shape index (κ3) is 2.91. The third-order valence-electron chi connectivity index (χ3n) is 5.55. The molecular weight excluding hydrogens is 310 g/mol. The Balaban J connectivity index is 1.58. The van der Waals surface area contributed by atoms with Crippen LogP contribution in [0, 0.1) is 5.92 Å². The maximum Gasteiger partial charge on any atom is 0.238 e. The Morgan fingerprint density at radius 2 is 2.13 bits per heavy atom. The number of nitrogens with one attached hydrogen (secondary N) is 1. The summed E-state index contributed by atoms with van der Waals surface area (Å²) >= 11 is 0. The van der Waals surface area contributed by atoms with Crippen LogP contribution in [-0.2, 0) is 26.5 Å². The molecule has 2 aliphatic carbocycles. The molecule has 23 heavy (non-hydrogen) atoms. The highest BCUT2D eigenvalue weighted by molar-refractivity contribution is 7.92. The molecule has 0 unspecified atom stereocenters. The second-order valence-electron chi connectivity index (χ2n) is 6.97. The van der Waals surface area contributed by atoms with Crippen molar-refractivity contribution in [3.05, 3.63) is 35.4 Å². The van der Waals surface area contributed by atoms with Gasteiger partial charge in [-0.3, -0.25) is 4.79 Å². The van der Waals surface area contributed by atoms with Crippen LogP contribution in [0.4, 0.5) is 0 Å². The number of rotatable bonds is 6. The molecule has 0 saturated heterocycles. The van der Waals surface area contributed by atoms with Gasteiger partial charge in [0.15, 0.2) is 9.84 Å². The first kappa shape index (κ1) is 16.5. The van der Waals surface area contributed by atoms with E-state index in [4.69, 9.17) is 0 Å². The van der Waals surface area contributed by atoms with Gasteiger partial charge in [0.1, 0.15) is 5.25 Å². The number of amides is 1. The lowest BCUT2D eigenvalue weighted by Crippen LogP contribution is -2.40. The Morgan fingerprint density at radius 3 is 2.87 bits per heavy atom. The maximum absolute atomic E-state index is 12.2. The van der Waals surface area contributed by atoms with Gasteiger partial charge in [0.05, 0.1) is 5.75 Å². The van der Waals surface area contributed by atoms with Gasteiger partial charge >= 0.3 is 0 Å². The molecular formula is C18H25NO3S. The lowest BCUT2D eigenvalue weighted by atomic mass is 9.95. The van der Waals surface area contributed by atoms with Gasteiger partial charge in [0, 0.05) is 12.0 Å². The average Bonchev–Trinajstić information content (AvgIpc) is 3.11. The van der Waals surface area contributed by atoms with Gasteiger partial charge in [-0.05, 0) is 49.7 Å². The van der Waals surface area contributed by atoms with Crippen LogP contribution in [0.3, 0.4) is 0 Å². The Bertz CT molecular complexity index is 713. The molecule has 0 heterocycles. The molecule has 0 aliphatic heterocycles. The van der Waals surface area contributed by atoms with Crippen LogP contribution in [0.5, 0.6) is 0 Å². The number of sulfone groups is 1. The third-order valence-corrected chi connectivity index (χ3v) is 7.81. The first-order valence-corrected chi connectivity index (χ1v) is 10.2. The summed E-state index contributed by atoms with van der Waals surface area (Å²) < 4.78 is 24.0. The monoisotopic (exact) mass is 335 g/mol. The standard InChI is InChI=1S/C18H25NO3S/c1-3-10-23(21,22)13(2)17(20)19-12-15-11-18(15)9-8-14-6-4-5-7-16(14)18/h4-7,13,15H,3,8-12H2,1-2H3,(H,19,20)/t13-,15+,18-/m1/s1. The number of aryl methyl sites for hydroxylation is 1. The van der Waals surface area contributed by atoms with Crippen molar-refractivity contribution >= 4 is 15.7 Å². The highest BCUT2D eigenvalue weighted by Crippen LogP contribution is 2.61. The molecule has 2 aliphatic rings. The van der Waals surface area contributed by atoms with Gasteiger partial charge in [0.2, 0.25) is 5.91 Å². The van der Waals surface area contributed by atoms with Crippen molar-refractivity contribution in [1.82, 2.24) is 5.32 Å². The van der Waals surface area contributed by atoms with E-state index in [-0.39, 0.29) is 17.1 Å². The zero-order valence-corrected chi connectivity index (χ0v) is 14.7. The maximum atomic E-state index is 12.2. The van der Waals surface area contributed by atoms with Crippen LogP contribution in [-0.4, -0.2) is 31.9 Å². The predicted octanol–water partition coefficient (Wildman–Crippen LogP) is 2.22. The van der Waals surface area contributed by atoms with E-state index in [1.54, 1.807) is 0 Å². The molecule has 1 N–H and O–H groups in total. The van der Waals surface area contributed by atoms with Gasteiger partial charge < -0.3 is 5.32 Å². The summed E-state index contributed by atoms with van der Waals surface area (Å²) in [5, 5.41) is 1.92. The molecule has 1 aromatic rings. The van der Waals surface area contributed by atoms with Crippen LogP contribution in [0.1, 0.15) is 44.2 Å². The van der Waals surface area contributed by atoms with Gasteiger partial charge in [-0.15, -0.1) is 0 Å². The van der Waals surface area contributed by atoms with Gasteiger partial charge in [-0.2, -0.15) is 0 Å². The number of fused-ring (bicyclic) bond motifs is 2. The van der Waals surface area contributed by atoms with Crippen molar-refractivity contribution in [2.45, 2.75) is 50.2 Å². The summed E-state index contributed by atoms with van der Waals surface area (Å²) in [6, 6.07) is 8.56. The number of hydrogen-bond acceptors (Lipinski definition) is 3. The average molecular weight is 335 g/mol. The summed E-state index contributed by atoms with van der Waals surface area (Å²) in [5.41, 5.74) is 3.10. The number of hydrogen-bond donors (Lipinski definition) is 1. The summed E-state index contributed by atoms with van der Waals surface area (Å²) in [4.78, 5) is 12.2. The normalized spacial score (nSPS) is 26.8. The molecule has 0 aromatic heterocycles. The topological polar surface area (TPSA) is 63.2 Å². The van der Waals surface area contributed by atoms with Crippen molar-refractivity contribution < 1.29 is 13.2 Å². The smallest absolute Gasteiger partial charge is 0.238 e. The minimum Gasteiger partial charge on any atom is -0.355 e. The molecule has 1 fully saturated rings. The molecule has 5 heteroatoms. The largest absolute Gasteiger partial charge is 0.355 e. The van der Waals surface area contributed by atoms with Crippen LogP contribution >= 0.6 is 0 Å². The molecule has 4 nitrogen and oxygen atoms in total. The fourth-order valence-corrected chi connectivity index (χ4v) is 5.32. The van der Waals surface area contributed by atoms with E-state index in [0.29, 0.717) is 18.9 Å². The molecule has 126 valence electrons. The van der Waals surface area contributed by atoms with E-state index < -0.39 is 15.1 Å². The van der Waals surface area contributed by atoms with Crippen molar-refractivity contribution in [1.29, 1.82) is 0 Å². The summed E-state index contributed by atoms with van der Waals surface area (Å²) in [6.07, 6.45) is 3.90. The zero-order valence-electron chi connectivity index (χ0n) is 13.8. The lowest BCUT2D eigenvalue weighted by molar-refractivity contribution is -0.120. The second kappa shape index (κ2) is 5.93. The second-order valence-corrected chi connectivity index (χ2v) is 9.41. The SMILES string of the molecule is CCCS(=O)(=O)[C@H](C)C(=O)NC[C@@H]1C[C@]12CCc1ccccc12. The quantitative estimate of drug-likeness (QED) is 0.867. The molecule has 0 radical (unpaired) electrons. The Kier molecular flexibility index (Phi) is 4.25. The highest BCUT2D eigenvalue weighted by Gasteiger charge is 2.57. The van der Waals surface area contributed by atoms with E-state index in [2.05, 4.69) is 29.6 Å². The molecule has 1 amide bonds. The summed E-state index contributed by atoms with van der Waals surface area (Å²) in [7, 11) is -3.33. The fraction of sp³-hybridized carbons (Fsp3) is 0.611. The minimum absolute atomic E-state index is 0.0718. The Hall–Kier alpha value is -1.36. The molecule has 3 rings (SSSR count). The fourth-order valence-electron chi connectivity index (χ4n) is 3.99. The Labute approximate surface area is 138 Å². The number of benzene rings is 1. The van der Waals surface area contributed by atoms with Crippen LogP contribution < -0.4 is 5.32 Å². The first-order chi connectivity index (χ1) is 10.9. The Morgan fingerprint density at radius 1 is 1.39 bits per heavy atom. The molecule has 1 aromatic carbocycles. The predicted molar refractivity (Wildman–Crippen MR) is 91.1 cm³/mol. The zero-order chi connectivity index (χ0) is 16.7.